The fourth-order valence-electron chi connectivity index (χ4n) is 2.49. The van der Waals surface area contributed by atoms with Crippen molar-refractivity contribution in [3.8, 4) is 0 Å². The number of H-pyrrole nitrogens is 3. The predicted octanol–water partition coefficient (Wildman–Crippen LogP) is -0.573. The Morgan fingerprint density at radius 2 is 2.09 bits per heavy atom. The maximum absolute atomic E-state index is 12.1. The van der Waals surface area contributed by atoms with Crippen LogP contribution in [0.1, 0.15) is 16.8 Å². The summed E-state index contributed by atoms with van der Waals surface area (Å²) in [7, 11) is 0. The van der Waals surface area contributed by atoms with E-state index in [2.05, 4.69) is 19.9 Å². The number of aromatic amines is 3. The molecule has 1 aliphatic heterocycles. The van der Waals surface area contributed by atoms with Crippen LogP contribution in [0.4, 0.5) is 0 Å². The SMILES string of the molecule is CSc1nc2c(c(=O)[nH]1)CN(Cc1c[nH]c(=O)[nH]c1=O)CC2. The molecule has 8 nitrogen and oxygen atoms in total. The van der Waals surface area contributed by atoms with Gasteiger partial charge in [0.2, 0.25) is 0 Å². The standard InChI is InChI=1S/C13H15N5O3S/c1-22-13-15-9-2-3-18(6-8(9)11(20)17-13)5-7-4-14-12(21)16-10(7)19/h4H,2-3,5-6H2,1H3,(H,15,17,20)(H2,14,16,19,21). The van der Waals surface area contributed by atoms with Gasteiger partial charge in [0, 0.05) is 37.8 Å². The van der Waals surface area contributed by atoms with E-state index < -0.39 is 11.2 Å². The first-order valence-corrected chi connectivity index (χ1v) is 7.98. The van der Waals surface area contributed by atoms with Gasteiger partial charge in [0.1, 0.15) is 0 Å². The van der Waals surface area contributed by atoms with Gasteiger partial charge in [-0.1, -0.05) is 11.8 Å². The van der Waals surface area contributed by atoms with Crippen LogP contribution in [0.3, 0.4) is 0 Å². The average Bonchev–Trinajstić information content (AvgIpc) is 2.50. The highest BCUT2D eigenvalue weighted by molar-refractivity contribution is 7.98. The fourth-order valence-corrected chi connectivity index (χ4v) is 2.88. The van der Waals surface area contributed by atoms with Crippen molar-refractivity contribution in [2.75, 3.05) is 12.8 Å². The van der Waals surface area contributed by atoms with Gasteiger partial charge in [-0.2, -0.15) is 0 Å². The zero-order chi connectivity index (χ0) is 15.7. The molecule has 0 unspecified atom stereocenters. The maximum Gasteiger partial charge on any atom is 0.325 e. The Hall–Kier alpha value is -2.13. The third kappa shape index (κ3) is 2.90. The fraction of sp³-hybridized carbons (Fsp3) is 0.385. The van der Waals surface area contributed by atoms with Gasteiger partial charge in [-0.3, -0.25) is 19.5 Å². The Bertz CT molecular complexity index is 869. The second-order valence-corrected chi connectivity index (χ2v) is 5.85. The van der Waals surface area contributed by atoms with Crippen LogP contribution in [-0.4, -0.2) is 37.6 Å². The van der Waals surface area contributed by atoms with E-state index in [0.717, 1.165) is 5.69 Å². The zero-order valence-electron chi connectivity index (χ0n) is 11.9. The van der Waals surface area contributed by atoms with E-state index in [1.165, 1.54) is 18.0 Å². The summed E-state index contributed by atoms with van der Waals surface area (Å²) < 4.78 is 0. The van der Waals surface area contributed by atoms with Crippen LogP contribution >= 0.6 is 11.8 Å². The lowest BCUT2D eigenvalue weighted by atomic mass is 10.1. The average molecular weight is 321 g/mol. The van der Waals surface area contributed by atoms with Gasteiger partial charge in [-0.15, -0.1) is 0 Å². The van der Waals surface area contributed by atoms with Gasteiger partial charge in [0.05, 0.1) is 11.3 Å². The van der Waals surface area contributed by atoms with Crippen molar-refractivity contribution in [3.63, 3.8) is 0 Å². The van der Waals surface area contributed by atoms with Gasteiger partial charge in [-0.25, -0.2) is 9.78 Å². The minimum absolute atomic E-state index is 0.130. The Kier molecular flexibility index (Phi) is 3.99. The summed E-state index contributed by atoms with van der Waals surface area (Å²) in [4.78, 5) is 48.7. The van der Waals surface area contributed by atoms with Crippen LogP contribution in [0.15, 0.2) is 25.7 Å². The van der Waals surface area contributed by atoms with Crippen LogP contribution < -0.4 is 16.8 Å². The highest BCUT2D eigenvalue weighted by Crippen LogP contribution is 2.17. The number of fused-ring (bicyclic) bond motifs is 1. The number of hydrogen-bond donors (Lipinski definition) is 3. The van der Waals surface area contributed by atoms with E-state index in [1.54, 1.807) is 0 Å². The lowest BCUT2D eigenvalue weighted by Gasteiger charge is -2.27. The van der Waals surface area contributed by atoms with Gasteiger partial charge in [0.25, 0.3) is 11.1 Å². The van der Waals surface area contributed by atoms with E-state index in [-0.39, 0.29) is 5.56 Å². The van der Waals surface area contributed by atoms with Crippen molar-refractivity contribution >= 4 is 11.8 Å². The Morgan fingerprint density at radius 1 is 1.27 bits per heavy atom. The number of rotatable bonds is 3. The van der Waals surface area contributed by atoms with Crippen molar-refractivity contribution in [3.05, 3.63) is 54.2 Å². The third-order valence-electron chi connectivity index (χ3n) is 3.61. The molecule has 22 heavy (non-hydrogen) atoms. The molecule has 0 radical (unpaired) electrons. The van der Waals surface area contributed by atoms with Crippen LogP contribution in [0.25, 0.3) is 0 Å². The Morgan fingerprint density at radius 3 is 2.82 bits per heavy atom. The first-order valence-electron chi connectivity index (χ1n) is 6.76. The van der Waals surface area contributed by atoms with Crippen molar-refractivity contribution in [1.29, 1.82) is 0 Å². The molecule has 0 saturated heterocycles. The van der Waals surface area contributed by atoms with E-state index in [9.17, 15) is 14.4 Å². The van der Waals surface area contributed by atoms with Gasteiger partial charge >= 0.3 is 5.69 Å². The Balaban J connectivity index is 1.84. The smallest absolute Gasteiger partial charge is 0.314 e. The van der Waals surface area contributed by atoms with Crippen LogP contribution in [0.5, 0.6) is 0 Å². The van der Waals surface area contributed by atoms with Crippen LogP contribution in [0, 0.1) is 0 Å². The second-order valence-electron chi connectivity index (χ2n) is 5.06. The quantitative estimate of drug-likeness (QED) is 0.515. The molecule has 2 aromatic rings. The molecule has 3 N–H and O–H groups in total. The first kappa shape index (κ1) is 14.8. The molecule has 3 heterocycles. The minimum Gasteiger partial charge on any atom is -0.314 e. The summed E-state index contributed by atoms with van der Waals surface area (Å²) in [6, 6.07) is 0. The topological polar surface area (TPSA) is 115 Å². The number of hydrogen-bond acceptors (Lipinski definition) is 6. The molecular weight excluding hydrogens is 306 g/mol. The van der Waals surface area contributed by atoms with Crippen LogP contribution in [-0.2, 0) is 19.5 Å². The van der Waals surface area contributed by atoms with E-state index in [1.807, 2.05) is 11.2 Å². The van der Waals surface area contributed by atoms with Crippen LogP contribution in [0.2, 0.25) is 0 Å². The molecule has 0 bridgehead atoms. The molecule has 0 atom stereocenters. The summed E-state index contributed by atoms with van der Waals surface area (Å²) in [6.07, 6.45) is 3.94. The normalized spacial score (nSPS) is 14.8. The van der Waals surface area contributed by atoms with Crippen molar-refractivity contribution in [2.24, 2.45) is 0 Å². The van der Waals surface area contributed by atoms with Crippen molar-refractivity contribution < 1.29 is 0 Å². The Labute approximate surface area is 129 Å². The highest BCUT2D eigenvalue weighted by atomic mass is 32.2. The molecule has 2 aromatic heterocycles. The summed E-state index contributed by atoms with van der Waals surface area (Å²) in [5.74, 6) is 0. The molecule has 0 fully saturated rings. The monoisotopic (exact) mass is 321 g/mol. The van der Waals surface area contributed by atoms with Gasteiger partial charge in [0.15, 0.2) is 5.16 Å². The first-order chi connectivity index (χ1) is 10.6. The summed E-state index contributed by atoms with van der Waals surface area (Å²) in [5, 5.41) is 0.620. The van der Waals surface area contributed by atoms with Gasteiger partial charge in [-0.05, 0) is 6.26 Å². The molecule has 0 saturated carbocycles. The molecule has 116 valence electrons. The second kappa shape index (κ2) is 5.93. The number of thioether (sulfide) groups is 1. The molecule has 0 amide bonds. The minimum atomic E-state index is -0.525. The molecular formula is C13H15N5O3S. The highest BCUT2D eigenvalue weighted by Gasteiger charge is 2.21. The number of nitrogens with one attached hydrogen (secondary N) is 3. The third-order valence-corrected chi connectivity index (χ3v) is 4.19. The zero-order valence-corrected chi connectivity index (χ0v) is 12.7. The lowest BCUT2D eigenvalue weighted by molar-refractivity contribution is 0.239. The summed E-state index contributed by atoms with van der Waals surface area (Å²) in [5.41, 5.74) is 0.870. The number of aromatic nitrogens is 4. The molecule has 9 heteroatoms. The largest absolute Gasteiger partial charge is 0.325 e. The molecule has 0 spiro atoms. The van der Waals surface area contributed by atoms with Gasteiger partial charge < -0.3 is 9.97 Å². The maximum atomic E-state index is 12.1. The molecule has 0 aromatic carbocycles. The molecule has 1 aliphatic rings. The molecule has 0 aliphatic carbocycles. The van der Waals surface area contributed by atoms with E-state index in [0.29, 0.717) is 42.3 Å². The van der Waals surface area contributed by atoms with E-state index in [4.69, 9.17) is 0 Å². The summed E-state index contributed by atoms with van der Waals surface area (Å²) in [6.45, 7) is 1.51. The van der Waals surface area contributed by atoms with Crippen molar-refractivity contribution in [1.82, 2.24) is 24.8 Å². The predicted molar refractivity (Wildman–Crippen MR) is 82.1 cm³/mol. The molecule has 3 rings (SSSR count). The lowest BCUT2D eigenvalue weighted by Crippen LogP contribution is -2.37. The number of nitrogens with zero attached hydrogens (tertiary/aromatic N) is 2. The van der Waals surface area contributed by atoms with Crippen molar-refractivity contribution in [2.45, 2.75) is 24.7 Å². The summed E-state index contributed by atoms with van der Waals surface area (Å²) >= 11 is 1.40. The van der Waals surface area contributed by atoms with E-state index >= 15 is 0 Å².